The molecule has 6 nitrogen and oxygen atoms in total. The largest absolute Gasteiger partial charge is 0.439 e. The van der Waals surface area contributed by atoms with Gasteiger partial charge in [-0.25, -0.2) is 13.4 Å². The zero-order chi connectivity index (χ0) is 14.4. The van der Waals surface area contributed by atoms with Crippen molar-refractivity contribution in [2.45, 2.75) is 23.3 Å². The summed E-state index contributed by atoms with van der Waals surface area (Å²) >= 11 is 0. The molecule has 7 heteroatoms. The fraction of sp³-hybridized carbons (Fsp3) is 0.462. The summed E-state index contributed by atoms with van der Waals surface area (Å²) in [6.07, 6.45) is 2.44. The van der Waals surface area contributed by atoms with Crippen LogP contribution in [0.2, 0.25) is 0 Å². The van der Waals surface area contributed by atoms with Crippen molar-refractivity contribution in [3.8, 4) is 0 Å². The highest BCUT2D eigenvalue weighted by Crippen LogP contribution is 2.31. The molecule has 1 aliphatic rings. The third-order valence-corrected chi connectivity index (χ3v) is 4.71. The molecule has 0 spiro atoms. The zero-order valence-corrected chi connectivity index (χ0v) is 11.9. The Bertz CT molecular complexity index is 745. The van der Waals surface area contributed by atoms with E-state index in [1.54, 1.807) is 6.07 Å². The minimum Gasteiger partial charge on any atom is -0.439 e. The van der Waals surface area contributed by atoms with Gasteiger partial charge in [-0.05, 0) is 31.0 Å². The smallest absolute Gasteiger partial charge is 0.215 e. The Labute approximate surface area is 116 Å². The highest BCUT2D eigenvalue weighted by Gasteiger charge is 2.35. The molecule has 1 saturated heterocycles. The van der Waals surface area contributed by atoms with E-state index in [2.05, 4.69) is 4.98 Å². The summed E-state index contributed by atoms with van der Waals surface area (Å²) < 4.78 is 34.1. The summed E-state index contributed by atoms with van der Waals surface area (Å²) in [5.41, 5.74) is 6.74. The first kappa shape index (κ1) is 13.5. The second kappa shape index (κ2) is 4.54. The van der Waals surface area contributed by atoms with Gasteiger partial charge in [-0.3, -0.25) is 0 Å². The SMILES string of the molecule is CS(=O)(=O)c1ccc2oc(C3(N)CCOCC3)nc2c1. The van der Waals surface area contributed by atoms with E-state index in [4.69, 9.17) is 14.9 Å². The molecule has 3 rings (SSSR count). The molecule has 0 radical (unpaired) electrons. The van der Waals surface area contributed by atoms with Crippen molar-refractivity contribution < 1.29 is 17.6 Å². The van der Waals surface area contributed by atoms with Gasteiger partial charge >= 0.3 is 0 Å². The van der Waals surface area contributed by atoms with Crippen LogP contribution < -0.4 is 5.73 Å². The Kier molecular flexibility index (Phi) is 3.07. The molecular formula is C13H16N2O4S. The average molecular weight is 296 g/mol. The second-order valence-corrected chi connectivity index (χ2v) is 7.20. The maximum atomic E-state index is 11.5. The van der Waals surface area contributed by atoms with Crippen molar-refractivity contribution in [1.82, 2.24) is 4.98 Å². The maximum Gasteiger partial charge on any atom is 0.215 e. The quantitative estimate of drug-likeness (QED) is 0.894. The van der Waals surface area contributed by atoms with Gasteiger partial charge in [-0.2, -0.15) is 0 Å². The molecule has 0 aliphatic carbocycles. The summed E-state index contributed by atoms with van der Waals surface area (Å²) in [7, 11) is -3.26. The minimum atomic E-state index is -3.26. The lowest BCUT2D eigenvalue weighted by Crippen LogP contribution is -2.42. The van der Waals surface area contributed by atoms with Gasteiger partial charge < -0.3 is 14.9 Å². The molecule has 0 saturated carbocycles. The van der Waals surface area contributed by atoms with E-state index in [1.807, 2.05) is 0 Å². The number of benzene rings is 1. The summed E-state index contributed by atoms with van der Waals surface area (Å²) in [6.45, 7) is 1.15. The summed E-state index contributed by atoms with van der Waals surface area (Å²) in [5.74, 6) is 0.446. The molecule has 1 fully saturated rings. The Morgan fingerprint density at radius 1 is 1.30 bits per heavy atom. The molecule has 2 aromatic rings. The Morgan fingerprint density at radius 2 is 2.00 bits per heavy atom. The van der Waals surface area contributed by atoms with E-state index in [0.29, 0.717) is 43.0 Å². The number of rotatable bonds is 2. The van der Waals surface area contributed by atoms with Gasteiger partial charge in [0.15, 0.2) is 15.4 Å². The standard InChI is InChI=1S/C13H16N2O4S/c1-20(16,17)9-2-3-11-10(8-9)15-12(19-11)13(14)4-6-18-7-5-13/h2-3,8H,4-7,14H2,1H3. The van der Waals surface area contributed by atoms with Gasteiger partial charge in [0.1, 0.15) is 5.52 Å². The molecule has 0 unspecified atom stereocenters. The Morgan fingerprint density at radius 3 is 2.65 bits per heavy atom. The topological polar surface area (TPSA) is 95.4 Å². The number of hydrogen-bond donors (Lipinski definition) is 1. The molecule has 20 heavy (non-hydrogen) atoms. The molecule has 0 atom stereocenters. The van der Waals surface area contributed by atoms with Crippen LogP contribution in [0.15, 0.2) is 27.5 Å². The van der Waals surface area contributed by atoms with Crippen LogP contribution in [0.3, 0.4) is 0 Å². The Balaban J connectivity index is 2.07. The Hall–Kier alpha value is -1.44. The number of oxazole rings is 1. The number of sulfone groups is 1. The van der Waals surface area contributed by atoms with Gasteiger partial charge in [-0.1, -0.05) is 0 Å². The molecule has 2 N–H and O–H groups in total. The molecule has 1 aliphatic heterocycles. The zero-order valence-electron chi connectivity index (χ0n) is 11.1. The number of aromatic nitrogens is 1. The number of nitrogens with zero attached hydrogens (tertiary/aromatic N) is 1. The first-order chi connectivity index (χ1) is 9.38. The lowest BCUT2D eigenvalue weighted by molar-refractivity contribution is 0.0429. The summed E-state index contributed by atoms with van der Waals surface area (Å²) in [4.78, 5) is 4.60. The summed E-state index contributed by atoms with van der Waals surface area (Å²) in [6, 6.07) is 4.64. The van der Waals surface area contributed by atoms with Crippen molar-refractivity contribution in [2.75, 3.05) is 19.5 Å². The number of fused-ring (bicyclic) bond motifs is 1. The third kappa shape index (κ3) is 2.32. The molecular weight excluding hydrogens is 280 g/mol. The number of hydrogen-bond acceptors (Lipinski definition) is 6. The lowest BCUT2D eigenvalue weighted by atomic mass is 9.91. The van der Waals surface area contributed by atoms with Crippen molar-refractivity contribution in [1.29, 1.82) is 0 Å². The van der Waals surface area contributed by atoms with E-state index < -0.39 is 15.4 Å². The molecule has 1 aromatic carbocycles. The van der Waals surface area contributed by atoms with E-state index in [9.17, 15) is 8.42 Å². The van der Waals surface area contributed by atoms with Crippen LogP contribution in [-0.4, -0.2) is 32.9 Å². The monoisotopic (exact) mass is 296 g/mol. The molecule has 0 amide bonds. The van der Waals surface area contributed by atoms with Crippen molar-refractivity contribution in [3.05, 3.63) is 24.1 Å². The van der Waals surface area contributed by atoms with Crippen LogP contribution in [0, 0.1) is 0 Å². The number of ether oxygens (including phenoxy) is 1. The van der Waals surface area contributed by atoms with Crippen LogP contribution >= 0.6 is 0 Å². The predicted molar refractivity (Wildman–Crippen MR) is 73.0 cm³/mol. The first-order valence-electron chi connectivity index (χ1n) is 6.36. The first-order valence-corrected chi connectivity index (χ1v) is 8.25. The van der Waals surface area contributed by atoms with Crippen molar-refractivity contribution in [2.24, 2.45) is 5.73 Å². The molecule has 108 valence electrons. The van der Waals surface area contributed by atoms with Crippen LogP contribution in [0.5, 0.6) is 0 Å². The maximum absolute atomic E-state index is 11.5. The van der Waals surface area contributed by atoms with Gasteiger partial charge in [0, 0.05) is 19.5 Å². The van der Waals surface area contributed by atoms with Crippen LogP contribution in [0.1, 0.15) is 18.7 Å². The van der Waals surface area contributed by atoms with Crippen molar-refractivity contribution in [3.63, 3.8) is 0 Å². The number of nitrogens with two attached hydrogens (primary N) is 1. The normalized spacial score (nSPS) is 19.3. The molecule has 1 aromatic heterocycles. The van der Waals surface area contributed by atoms with Crippen LogP contribution in [-0.2, 0) is 20.1 Å². The lowest BCUT2D eigenvalue weighted by Gasteiger charge is -2.29. The summed E-state index contributed by atoms with van der Waals surface area (Å²) in [5, 5.41) is 0. The predicted octanol–water partition coefficient (Wildman–Crippen LogP) is 1.20. The van der Waals surface area contributed by atoms with Gasteiger partial charge in [0.2, 0.25) is 5.89 Å². The highest BCUT2D eigenvalue weighted by atomic mass is 32.2. The fourth-order valence-electron chi connectivity index (χ4n) is 2.30. The van der Waals surface area contributed by atoms with Gasteiger partial charge in [-0.15, -0.1) is 0 Å². The third-order valence-electron chi connectivity index (χ3n) is 3.60. The highest BCUT2D eigenvalue weighted by molar-refractivity contribution is 7.90. The van der Waals surface area contributed by atoms with Crippen LogP contribution in [0.25, 0.3) is 11.1 Å². The van der Waals surface area contributed by atoms with Gasteiger partial charge in [0.25, 0.3) is 0 Å². The molecule has 0 bridgehead atoms. The van der Waals surface area contributed by atoms with E-state index in [1.165, 1.54) is 12.1 Å². The second-order valence-electron chi connectivity index (χ2n) is 5.19. The van der Waals surface area contributed by atoms with E-state index >= 15 is 0 Å². The average Bonchev–Trinajstić information content (AvgIpc) is 2.82. The van der Waals surface area contributed by atoms with E-state index in [0.717, 1.165) is 6.26 Å². The van der Waals surface area contributed by atoms with Gasteiger partial charge in [0.05, 0.1) is 10.4 Å². The minimum absolute atomic E-state index is 0.225. The van der Waals surface area contributed by atoms with Crippen molar-refractivity contribution >= 4 is 20.9 Å². The molecule has 2 heterocycles. The van der Waals surface area contributed by atoms with E-state index in [-0.39, 0.29) is 4.90 Å². The fourth-order valence-corrected chi connectivity index (χ4v) is 2.94. The van der Waals surface area contributed by atoms with Crippen LogP contribution in [0.4, 0.5) is 0 Å².